The number of piperidine rings is 1. The third-order valence-corrected chi connectivity index (χ3v) is 6.26. The quantitative estimate of drug-likeness (QED) is 0.324. The number of likely N-dealkylation sites (tertiary alicyclic amines) is 1. The van der Waals surface area contributed by atoms with Crippen LogP contribution in [0.5, 0.6) is 5.88 Å². The molecule has 1 aliphatic rings. The normalized spacial score (nSPS) is 16.7. The van der Waals surface area contributed by atoms with E-state index >= 15 is 0 Å². The number of methoxy groups -OCH3 is 1. The van der Waals surface area contributed by atoms with E-state index in [1.54, 1.807) is 7.11 Å². The van der Waals surface area contributed by atoms with Crippen molar-refractivity contribution in [2.75, 3.05) is 33.8 Å². The SMILES string of the molecule is CN=C(NCc1ccc(OC)nc1)NCC(c1cccs1)N1CCC(C)CC1.I. The van der Waals surface area contributed by atoms with E-state index < -0.39 is 0 Å². The molecule has 0 aliphatic carbocycles. The number of nitrogens with one attached hydrogen (secondary N) is 2. The van der Waals surface area contributed by atoms with Crippen LogP contribution in [0.15, 0.2) is 40.8 Å². The molecule has 1 fully saturated rings. The van der Waals surface area contributed by atoms with Crippen LogP contribution < -0.4 is 15.4 Å². The lowest BCUT2D eigenvalue weighted by Crippen LogP contribution is -2.44. The Morgan fingerprint density at radius 3 is 2.69 bits per heavy atom. The molecule has 3 heterocycles. The van der Waals surface area contributed by atoms with Gasteiger partial charge in [0.15, 0.2) is 5.96 Å². The number of guanidine groups is 1. The topological polar surface area (TPSA) is 61.8 Å². The van der Waals surface area contributed by atoms with Crippen molar-refractivity contribution >= 4 is 41.3 Å². The molecule has 6 nitrogen and oxygen atoms in total. The highest BCUT2D eigenvalue weighted by molar-refractivity contribution is 14.0. The lowest BCUT2D eigenvalue weighted by molar-refractivity contribution is 0.140. The molecule has 1 atom stereocenters. The highest BCUT2D eigenvalue weighted by Gasteiger charge is 2.25. The van der Waals surface area contributed by atoms with E-state index in [1.165, 1.54) is 17.7 Å². The summed E-state index contributed by atoms with van der Waals surface area (Å²) in [6, 6.07) is 8.65. The number of rotatable bonds is 7. The number of halogens is 1. The van der Waals surface area contributed by atoms with Crippen LogP contribution in [-0.2, 0) is 6.54 Å². The maximum Gasteiger partial charge on any atom is 0.212 e. The maximum atomic E-state index is 5.11. The van der Waals surface area contributed by atoms with Crippen LogP contribution >= 0.6 is 35.3 Å². The summed E-state index contributed by atoms with van der Waals surface area (Å²) < 4.78 is 5.11. The van der Waals surface area contributed by atoms with Gasteiger partial charge in [0.05, 0.1) is 13.2 Å². The summed E-state index contributed by atoms with van der Waals surface area (Å²) in [5.41, 5.74) is 1.09. The van der Waals surface area contributed by atoms with Gasteiger partial charge in [0, 0.05) is 37.3 Å². The van der Waals surface area contributed by atoms with Crippen molar-refractivity contribution in [1.82, 2.24) is 20.5 Å². The summed E-state index contributed by atoms with van der Waals surface area (Å²) >= 11 is 1.84. The number of ether oxygens (including phenoxy) is 1. The number of hydrogen-bond donors (Lipinski definition) is 2. The summed E-state index contributed by atoms with van der Waals surface area (Å²) in [6.45, 7) is 6.19. The van der Waals surface area contributed by atoms with Crippen molar-refractivity contribution < 1.29 is 4.74 Å². The Hall–Kier alpha value is -1.39. The molecule has 8 heteroatoms. The smallest absolute Gasteiger partial charge is 0.212 e. The summed E-state index contributed by atoms with van der Waals surface area (Å²) in [7, 11) is 3.43. The lowest BCUT2D eigenvalue weighted by Gasteiger charge is -2.36. The Morgan fingerprint density at radius 1 is 1.31 bits per heavy atom. The molecule has 0 radical (unpaired) electrons. The molecule has 1 aliphatic heterocycles. The van der Waals surface area contributed by atoms with E-state index in [0.717, 1.165) is 37.1 Å². The molecular weight excluding hydrogens is 497 g/mol. The Labute approximate surface area is 195 Å². The molecule has 1 unspecified atom stereocenters. The second-order valence-electron chi connectivity index (χ2n) is 7.27. The van der Waals surface area contributed by atoms with E-state index in [4.69, 9.17) is 4.74 Å². The number of thiophene rings is 1. The summed E-state index contributed by atoms with van der Waals surface area (Å²) in [5.74, 6) is 2.27. The minimum atomic E-state index is 0. The van der Waals surface area contributed by atoms with Crippen LogP contribution in [-0.4, -0.2) is 49.6 Å². The van der Waals surface area contributed by atoms with Gasteiger partial charge in [-0.2, -0.15) is 0 Å². The van der Waals surface area contributed by atoms with Crippen molar-refractivity contribution in [1.29, 1.82) is 0 Å². The van der Waals surface area contributed by atoms with Gasteiger partial charge < -0.3 is 15.4 Å². The summed E-state index contributed by atoms with van der Waals surface area (Å²) in [4.78, 5) is 12.7. The first-order valence-corrected chi connectivity index (χ1v) is 10.8. The van der Waals surface area contributed by atoms with Gasteiger partial charge in [0.2, 0.25) is 5.88 Å². The Kier molecular flexibility index (Phi) is 10.2. The molecule has 3 rings (SSSR count). The maximum absolute atomic E-state index is 5.11. The fourth-order valence-electron chi connectivity index (χ4n) is 3.47. The first-order valence-electron chi connectivity index (χ1n) is 9.90. The molecule has 2 N–H and O–H groups in total. The van der Waals surface area contributed by atoms with Crippen molar-refractivity contribution in [3.8, 4) is 5.88 Å². The van der Waals surface area contributed by atoms with Crippen LogP contribution in [0, 0.1) is 5.92 Å². The first kappa shape index (κ1) is 23.9. The van der Waals surface area contributed by atoms with E-state index in [0.29, 0.717) is 18.5 Å². The van der Waals surface area contributed by atoms with Gasteiger partial charge >= 0.3 is 0 Å². The zero-order chi connectivity index (χ0) is 19.8. The van der Waals surface area contributed by atoms with Crippen LogP contribution in [0.25, 0.3) is 0 Å². The second-order valence-corrected chi connectivity index (χ2v) is 8.24. The number of pyridine rings is 1. The van der Waals surface area contributed by atoms with Crippen molar-refractivity contribution in [2.24, 2.45) is 10.9 Å². The molecule has 0 aromatic carbocycles. The monoisotopic (exact) mass is 529 g/mol. The van der Waals surface area contributed by atoms with Crippen molar-refractivity contribution in [3.05, 3.63) is 46.3 Å². The summed E-state index contributed by atoms with van der Waals surface area (Å²) in [5, 5.41) is 9.06. The average Bonchev–Trinajstić information content (AvgIpc) is 3.26. The number of nitrogens with zero attached hydrogens (tertiary/aromatic N) is 3. The van der Waals surface area contributed by atoms with Gasteiger partial charge in [-0.25, -0.2) is 4.98 Å². The molecule has 2 aromatic heterocycles. The zero-order valence-electron chi connectivity index (χ0n) is 17.4. The van der Waals surface area contributed by atoms with E-state index in [-0.39, 0.29) is 24.0 Å². The Bertz CT molecular complexity index is 730. The third kappa shape index (κ3) is 7.11. The van der Waals surface area contributed by atoms with Crippen LogP contribution in [0.1, 0.15) is 36.2 Å². The minimum absolute atomic E-state index is 0. The highest BCUT2D eigenvalue weighted by Crippen LogP contribution is 2.29. The minimum Gasteiger partial charge on any atom is -0.481 e. The molecule has 1 saturated heterocycles. The van der Waals surface area contributed by atoms with Crippen molar-refractivity contribution in [2.45, 2.75) is 32.4 Å². The predicted octanol–water partition coefficient (Wildman–Crippen LogP) is 3.91. The third-order valence-electron chi connectivity index (χ3n) is 5.28. The molecule has 0 spiro atoms. The largest absolute Gasteiger partial charge is 0.481 e. The highest BCUT2D eigenvalue weighted by atomic mass is 127. The zero-order valence-corrected chi connectivity index (χ0v) is 20.6. The van der Waals surface area contributed by atoms with Gasteiger partial charge in [0.25, 0.3) is 0 Å². The standard InChI is InChI=1S/C21H31N5OS.HI/c1-16-8-10-26(11-9-16)18(19-5-4-12-28-19)15-25-21(22-2)24-14-17-6-7-20(27-3)23-13-17;/h4-7,12-13,16,18H,8-11,14-15H2,1-3H3,(H2,22,24,25);1H. The second kappa shape index (κ2) is 12.3. The molecular formula is C21H32IN5OS. The molecule has 0 amide bonds. The number of aliphatic imine (C=N–C) groups is 1. The molecule has 2 aromatic rings. The molecule has 0 bridgehead atoms. The van der Waals surface area contributed by atoms with Crippen LogP contribution in [0.4, 0.5) is 0 Å². The molecule has 29 heavy (non-hydrogen) atoms. The van der Waals surface area contributed by atoms with Gasteiger partial charge in [-0.15, -0.1) is 35.3 Å². The molecule has 160 valence electrons. The predicted molar refractivity (Wildman–Crippen MR) is 131 cm³/mol. The van der Waals surface area contributed by atoms with E-state index in [2.05, 4.69) is 49.9 Å². The fraction of sp³-hybridized carbons (Fsp3) is 0.524. The Balaban J connectivity index is 0.00000300. The van der Waals surface area contributed by atoms with Gasteiger partial charge in [-0.3, -0.25) is 9.89 Å². The van der Waals surface area contributed by atoms with Gasteiger partial charge in [-0.05, 0) is 48.9 Å². The number of hydrogen-bond acceptors (Lipinski definition) is 5. The van der Waals surface area contributed by atoms with Crippen molar-refractivity contribution in [3.63, 3.8) is 0 Å². The Morgan fingerprint density at radius 2 is 2.10 bits per heavy atom. The fourth-order valence-corrected chi connectivity index (χ4v) is 4.33. The van der Waals surface area contributed by atoms with Gasteiger partial charge in [0.1, 0.15) is 0 Å². The van der Waals surface area contributed by atoms with Crippen LogP contribution in [0.2, 0.25) is 0 Å². The van der Waals surface area contributed by atoms with Crippen LogP contribution in [0.3, 0.4) is 0 Å². The van der Waals surface area contributed by atoms with E-state index in [9.17, 15) is 0 Å². The summed E-state index contributed by atoms with van der Waals surface area (Å²) in [6.07, 6.45) is 4.38. The first-order chi connectivity index (χ1) is 13.7. The van der Waals surface area contributed by atoms with E-state index in [1.807, 2.05) is 36.7 Å². The van der Waals surface area contributed by atoms with Gasteiger partial charge in [-0.1, -0.05) is 19.1 Å². The average molecular weight is 529 g/mol. The molecule has 0 saturated carbocycles. The number of aromatic nitrogens is 1. The lowest BCUT2D eigenvalue weighted by atomic mass is 9.97.